The third-order valence-corrected chi connectivity index (χ3v) is 7.21. The van der Waals surface area contributed by atoms with Crippen molar-refractivity contribution in [3.05, 3.63) is 84.0 Å². The van der Waals surface area contributed by atoms with Crippen molar-refractivity contribution in [1.82, 2.24) is 14.8 Å². The molecule has 184 valence electrons. The lowest BCUT2D eigenvalue weighted by Gasteiger charge is -2.37. The van der Waals surface area contributed by atoms with Gasteiger partial charge in [-0.1, -0.05) is 31.2 Å². The van der Waals surface area contributed by atoms with Gasteiger partial charge in [-0.3, -0.25) is 4.99 Å². The van der Waals surface area contributed by atoms with Crippen LogP contribution < -0.4 is 0 Å². The van der Waals surface area contributed by atoms with Crippen LogP contribution in [0.25, 0.3) is 6.08 Å². The Hall–Kier alpha value is -2.92. The molecule has 7 nitrogen and oxygen atoms in total. The lowest BCUT2D eigenvalue weighted by molar-refractivity contribution is -0.146. The highest BCUT2D eigenvalue weighted by Crippen LogP contribution is 2.38. The van der Waals surface area contributed by atoms with Gasteiger partial charge in [0.1, 0.15) is 29.9 Å². The Kier molecular flexibility index (Phi) is 8.07. The fourth-order valence-electron chi connectivity index (χ4n) is 3.81. The van der Waals surface area contributed by atoms with Gasteiger partial charge in [-0.25, -0.2) is 18.4 Å². The van der Waals surface area contributed by atoms with Crippen molar-refractivity contribution in [1.29, 1.82) is 0 Å². The molecule has 10 heteroatoms. The molecule has 0 radical (unpaired) electrons. The zero-order valence-electron chi connectivity index (χ0n) is 19.1. The number of nitrogens with zero attached hydrogens (tertiary/aromatic N) is 4. The monoisotopic (exact) mass is 500 g/mol. The molecule has 0 aliphatic carbocycles. The minimum atomic E-state index is -1.68. The van der Waals surface area contributed by atoms with Gasteiger partial charge in [-0.15, -0.1) is 11.8 Å². The van der Waals surface area contributed by atoms with Gasteiger partial charge in [-0.05, 0) is 36.6 Å². The molecule has 1 aliphatic heterocycles. The second kappa shape index (κ2) is 11.2. The highest BCUT2D eigenvalue weighted by Gasteiger charge is 2.41. The Morgan fingerprint density at radius 3 is 2.63 bits per heavy atom. The standard InChI is InChI=1S/C25H26F2N4O3S/c1-17(25(32,14-31-16-29-15-30-31)22-9-6-19(26)11-23(22)27)35-21-12-33-24(34-13-21)10-5-18-3-7-20(28-2)8-4-18/h3-11,15-17,21,24,32H,2,12-14H2,1H3. The molecule has 2 aromatic carbocycles. The maximum Gasteiger partial charge on any atom is 0.177 e. The molecule has 2 atom stereocenters. The van der Waals surface area contributed by atoms with Crippen LogP contribution in [-0.4, -0.2) is 56.6 Å². The summed E-state index contributed by atoms with van der Waals surface area (Å²) in [6.45, 7) is 6.00. The van der Waals surface area contributed by atoms with Crippen molar-refractivity contribution in [2.24, 2.45) is 4.99 Å². The van der Waals surface area contributed by atoms with Crippen LogP contribution in [0.3, 0.4) is 0 Å². The summed E-state index contributed by atoms with van der Waals surface area (Å²) in [5, 5.41) is 15.1. The molecule has 1 aromatic heterocycles. The van der Waals surface area contributed by atoms with E-state index in [4.69, 9.17) is 9.47 Å². The van der Waals surface area contributed by atoms with Crippen molar-refractivity contribution in [2.45, 2.75) is 35.9 Å². The van der Waals surface area contributed by atoms with E-state index in [1.54, 1.807) is 6.92 Å². The zero-order valence-corrected chi connectivity index (χ0v) is 19.9. The molecular weight excluding hydrogens is 474 g/mol. The quantitative estimate of drug-likeness (QED) is 0.440. The van der Waals surface area contributed by atoms with Crippen molar-refractivity contribution >= 4 is 30.2 Å². The summed E-state index contributed by atoms with van der Waals surface area (Å²) in [4.78, 5) is 7.76. The maximum atomic E-state index is 14.7. The van der Waals surface area contributed by atoms with Crippen molar-refractivity contribution in [2.75, 3.05) is 13.2 Å². The molecule has 1 fully saturated rings. The predicted octanol–water partition coefficient (Wildman–Crippen LogP) is 4.35. The van der Waals surface area contributed by atoms with Crippen molar-refractivity contribution in [3.8, 4) is 0 Å². The van der Waals surface area contributed by atoms with Crippen LogP contribution in [0.4, 0.5) is 14.5 Å². The number of halogens is 2. The zero-order chi connectivity index (χ0) is 24.8. The fourth-order valence-corrected chi connectivity index (χ4v) is 5.12. The highest BCUT2D eigenvalue weighted by molar-refractivity contribution is 8.00. The minimum absolute atomic E-state index is 0.00877. The number of rotatable bonds is 9. The van der Waals surface area contributed by atoms with Gasteiger partial charge in [0.25, 0.3) is 0 Å². The molecule has 0 amide bonds. The van der Waals surface area contributed by atoms with E-state index < -0.39 is 28.8 Å². The first-order valence-electron chi connectivity index (χ1n) is 11.0. The number of aliphatic imine (C=N–C) groups is 1. The molecule has 1 N–H and O–H groups in total. The van der Waals surface area contributed by atoms with E-state index in [0.29, 0.717) is 13.2 Å². The summed E-state index contributed by atoms with van der Waals surface area (Å²) in [6.07, 6.45) is 6.01. The molecule has 35 heavy (non-hydrogen) atoms. The molecule has 1 aliphatic rings. The summed E-state index contributed by atoms with van der Waals surface area (Å²) in [5.74, 6) is -1.53. The van der Waals surface area contributed by atoms with E-state index in [1.807, 2.05) is 36.4 Å². The summed E-state index contributed by atoms with van der Waals surface area (Å²) in [5.41, 5.74) is 0.0877. The summed E-state index contributed by atoms with van der Waals surface area (Å²) in [7, 11) is 0. The first-order valence-corrected chi connectivity index (χ1v) is 12.0. The fraction of sp³-hybridized carbons (Fsp3) is 0.320. The van der Waals surface area contributed by atoms with Gasteiger partial charge in [0.05, 0.1) is 30.7 Å². The number of benzene rings is 2. The Morgan fingerprint density at radius 2 is 2.00 bits per heavy atom. The number of hydrogen-bond donors (Lipinski definition) is 1. The normalized spacial score (nSPS) is 21.0. The smallest absolute Gasteiger partial charge is 0.177 e. The predicted molar refractivity (Wildman–Crippen MR) is 131 cm³/mol. The Labute approximate surface area is 206 Å². The lowest BCUT2D eigenvalue weighted by Crippen LogP contribution is -2.43. The van der Waals surface area contributed by atoms with E-state index in [0.717, 1.165) is 23.4 Å². The first-order chi connectivity index (χ1) is 16.9. The van der Waals surface area contributed by atoms with Gasteiger partial charge in [0, 0.05) is 16.9 Å². The second-order valence-corrected chi connectivity index (χ2v) is 9.83. The topological polar surface area (TPSA) is 81.8 Å². The lowest BCUT2D eigenvalue weighted by atomic mass is 9.90. The van der Waals surface area contributed by atoms with Crippen LogP contribution in [0.5, 0.6) is 0 Å². The number of thioether (sulfide) groups is 1. The van der Waals surface area contributed by atoms with E-state index >= 15 is 0 Å². The van der Waals surface area contributed by atoms with E-state index in [-0.39, 0.29) is 17.4 Å². The van der Waals surface area contributed by atoms with Crippen LogP contribution in [0, 0.1) is 11.6 Å². The summed E-state index contributed by atoms with van der Waals surface area (Å²) < 4.78 is 41.3. The van der Waals surface area contributed by atoms with Crippen molar-refractivity contribution in [3.63, 3.8) is 0 Å². The highest BCUT2D eigenvalue weighted by atomic mass is 32.2. The number of ether oxygens (including phenoxy) is 2. The largest absolute Gasteiger partial charge is 0.382 e. The Bertz CT molecular complexity index is 1150. The SMILES string of the molecule is C=Nc1ccc(C=CC2OCC(SC(C)C(O)(Cn3cncn3)c3ccc(F)cc3F)CO2)cc1. The van der Waals surface area contributed by atoms with Gasteiger partial charge < -0.3 is 14.6 Å². The molecule has 0 saturated carbocycles. The third-order valence-electron chi connectivity index (χ3n) is 5.75. The number of aromatic nitrogens is 3. The first kappa shape index (κ1) is 25.2. The van der Waals surface area contributed by atoms with Crippen LogP contribution in [0.2, 0.25) is 0 Å². The minimum Gasteiger partial charge on any atom is -0.382 e. The van der Waals surface area contributed by atoms with Crippen LogP contribution >= 0.6 is 11.8 Å². The molecule has 0 spiro atoms. The Balaban J connectivity index is 1.40. The molecular formula is C25H26F2N4O3S. The number of aliphatic hydroxyl groups is 1. The summed E-state index contributed by atoms with van der Waals surface area (Å²) >= 11 is 1.42. The average molecular weight is 501 g/mol. The van der Waals surface area contributed by atoms with Gasteiger partial charge in [0.2, 0.25) is 0 Å². The molecule has 2 heterocycles. The average Bonchev–Trinajstić information content (AvgIpc) is 3.36. The van der Waals surface area contributed by atoms with Gasteiger partial charge in [-0.2, -0.15) is 5.10 Å². The molecule has 3 aromatic rings. The van der Waals surface area contributed by atoms with Crippen LogP contribution in [0.15, 0.2) is 66.2 Å². The van der Waals surface area contributed by atoms with Gasteiger partial charge in [0.15, 0.2) is 6.29 Å². The molecule has 0 bridgehead atoms. The van der Waals surface area contributed by atoms with Crippen LogP contribution in [-0.2, 0) is 21.6 Å². The van der Waals surface area contributed by atoms with Crippen molar-refractivity contribution < 1.29 is 23.4 Å². The van der Waals surface area contributed by atoms with Crippen LogP contribution in [0.1, 0.15) is 18.1 Å². The number of hydrogen-bond acceptors (Lipinski definition) is 7. The summed E-state index contributed by atoms with van der Waals surface area (Å²) in [6, 6.07) is 10.8. The molecule has 1 saturated heterocycles. The molecule has 2 unspecified atom stereocenters. The van der Waals surface area contributed by atoms with E-state index in [2.05, 4.69) is 21.8 Å². The molecule has 4 rings (SSSR count). The van der Waals surface area contributed by atoms with E-state index in [1.165, 1.54) is 35.2 Å². The van der Waals surface area contributed by atoms with Gasteiger partial charge >= 0.3 is 0 Å². The third kappa shape index (κ3) is 6.21. The Morgan fingerprint density at radius 1 is 1.26 bits per heavy atom. The van der Waals surface area contributed by atoms with E-state index in [9.17, 15) is 13.9 Å². The second-order valence-electron chi connectivity index (χ2n) is 8.19. The maximum absolute atomic E-state index is 14.7.